The monoisotopic (exact) mass is 488 g/mol. The Hall–Kier alpha value is -1.02. The minimum absolute atomic E-state index is 0. The summed E-state index contributed by atoms with van der Waals surface area (Å²) >= 11 is 0. The minimum atomic E-state index is 0. The zero-order valence-corrected chi connectivity index (χ0v) is 19.9. The topological polar surface area (TPSA) is 40.1 Å². The number of hydrogen-bond donors (Lipinski definition) is 1. The highest BCUT2D eigenvalue weighted by Gasteiger charge is 2.26. The Morgan fingerprint density at radius 1 is 1.33 bits per heavy atom. The molecule has 154 valence electrons. The highest BCUT2D eigenvalue weighted by atomic mass is 127. The Morgan fingerprint density at radius 2 is 2.04 bits per heavy atom. The summed E-state index contributed by atoms with van der Waals surface area (Å²) < 4.78 is 6.06. The number of likely N-dealkylation sites (tertiary alicyclic amines) is 1. The van der Waals surface area contributed by atoms with Crippen molar-refractivity contribution in [3.05, 3.63) is 29.8 Å². The molecule has 2 atom stereocenters. The fourth-order valence-corrected chi connectivity index (χ4v) is 3.54. The van der Waals surface area contributed by atoms with Crippen molar-refractivity contribution in [3.8, 4) is 5.75 Å². The molecule has 0 radical (unpaired) electrons. The number of halogens is 1. The van der Waals surface area contributed by atoms with Crippen LogP contribution in [-0.4, -0.2) is 68.2 Å². The van der Waals surface area contributed by atoms with Gasteiger partial charge < -0.3 is 19.9 Å². The summed E-state index contributed by atoms with van der Waals surface area (Å²) in [5.41, 5.74) is 1.17. The van der Waals surface area contributed by atoms with Crippen LogP contribution >= 0.6 is 24.0 Å². The molecular formula is C21H37IN4O. The molecule has 0 bridgehead atoms. The number of hydrogen-bond acceptors (Lipinski definition) is 3. The Balaban J connectivity index is 0.00000364. The molecule has 1 saturated heterocycles. The number of nitrogens with zero attached hydrogens (tertiary/aromatic N) is 3. The highest BCUT2D eigenvalue weighted by Crippen LogP contribution is 2.19. The first-order valence-corrected chi connectivity index (χ1v) is 9.97. The molecule has 1 N–H and O–H groups in total. The predicted molar refractivity (Wildman–Crippen MR) is 126 cm³/mol. The van der Waals surface area contributed by atoms with E-state index >= 15 is 0 Å². The number of rotatable bonds is 8. The zero-order valence-electron chi connectivity index (χ0n) is 17.6. The van der Waals surface area contributed by atoms with Gasteiger partial charge in [0.05, 0.1) is 6.54 Å². The van der Waals surface area contributed by atoms with E-state index < -0.39 is 0 Å². The maximum absolute atomic E-state index is 6.06. The van der Waals surface area contributed by atoms with Crippen LogP contribution in [0.3, 0.4) is 0 Å². The summed E-state index contributed by atoms with van der Waals surface area (Å²) in [7, 11) is 1.87. The van der Waals surface area contributed by atoms with E-state index in [2.05, 4.69) is 53.9 Å². The van der Waals surface area contributed by atoms with E-state index in [1.54, 1.807) is 0 Å². The van der Waals surface area contributed by atoms with Gasteiger partial charge >= 0.3 is 0 Å². The van der Waals surface area contributed by atoms with Crippen LogP contribution in [0.5, 0.6) is 5.75 Å². The fourth-order valence-electron chi connectivity index (χ4n) is 3.54. The molecule has 5 nitrogen and oxygen atoms in total. The second kappa shape index (κ2) is 12.4. The highest BCUT2D eigenvalue weighted by molar-refractivity contribution is 14.0. The molecule has 6 heteroatoms. The summed E-state index contributed by atoms with van der Waals surface area (Å²) in [6, 6.07) is 8.16. The number of aryl methyl sites for hydroxylation is 1. The van der Waals surface area contributed by atoms with Crippen LogP contribution in [0.25, 0.3) is 0 Å². The Bertz CT molecular complexity index is 577. The van der Waals surface area contributed by atoms with E-state index in [1.807, 2.05) is 25.2 Å². The lowest BCUT2D eigenvalue weighted by atomic mass is 10.1. The maximum atomic E-state index is 6.06. The fraction of sp³-hybridized carbons (Fsp3) is 0.667. The molecule has 2 unspecified atom stereocenters. The van der Waals surface area contributed by atoms with Gasteiger partial charge in [0.25, 0.3) is 0 Å². The zero-order chi connectivity index (χ0) is 18.9. The number of benzene rings is 1. The van der Waals surface area contributed by atoms with Gasteiger partial charge in [0.1, 0.15) is 11.9 Å². The third-order valence-corrected chi connectivity index (χ3v) is 5.18. The predicted octanol–water partition coefficient (Wildman–Crippen LogP) is 3.62. The second-order valence-corrected chi connectivity index (χ2v) is 7.21. The Labute approximate surface area is 182 Å². The van der Waals surface area contributed by atoms with Gasteiger partial charge in [0.15, 0.2) is 5.96 Å². The summed E-state index contributed by atoms with van der Waals surface area (Å²) in [6.07, 6.45) is 1.33. The van der Waals surface area contributed by atoms with Crippen LogP contribution < -0.4 is 10.1 Å². The number of ether oxygens (including phenoxy) is 1. The van der Waals surface area contributed by atoms with Crippen LogP contribution in [0.15, 0.2) is 29.3 Å². The van der Waals surface area contributed by atoms with Gasteiger partial charge in [-0.1, -0.05) is 32.0 Å². The molecule has 0 spiro atoms. The first-order valence-electron chi connectivity index (χ1n) is 9.97. The summed E-state index contributed by atoms with van der Waals surface area (Å²) in [5, 5.41) is 3.49. The molecule has 2 rings (SSSR count). The van der Waals surface area contributed by atoms with Crippen LogP contribution in [0.2, 0.25) is 0 Å². The lowest BCUT2D eigenvalue weighted by molar-refractivity contribution is 0.220. The van der Waals surface area contributed by atoms with E-state index in [1.165, 1.54) is 18.5 Å². The molecule has 1 aromatic carbocycles. The van der Waals surface area contributed by atoms with Crippen LogP contribution in [-0.2, 0) is 0 Å². The van der Waals surface area contributed by atoms with Gasteiger partial charge in [-0.3, -0.25) is 4.99 Å². The average Bonchev–Trinajstić information content (AvgIpc) is 3.10. The molecule has 1 aliphatic rings. The Kier molecular flexibility index (Phi) is 11.1. The van der Waals surface area contributed by atoms with Gasteiger partial charge in [0.2, 0.25) is 0 Å². The number of guanidine groups is 1. The largest absolute Gasteiger partial charge is 0.489 e. The van der Waals surface area contributed by atoms with E-state index in [-0.39, 0.29) is 30.1 Å². The van der Waals surface area contributed by atoms with Crippen molar-refractivity contribution in [2.24, 2.45) is 10.9 Å². The van der Waals surface area contributed by atoms with Crippen molar-refractivity contribution in [1.82, 2.24) is 15.1 Å². The van der Waals surface area contributed by atoms with E-state index in [4.69, 9.17) is 4.74 Å². The van der Waals surface area contributed by atoms with E-state index in [0.29, 0.717) is 0 Å². The molecule has 0 saturated carbocycles. The molecule has 27 heavy (non-hydrogen) atoms. The number of para-hydroxylation sites is 1. The quantitative estimate of drug-likeness (QED) is 0.345. The van der Waals surface area contributed by atoms with Crippen LogP contribution in [0.4, 0.5) is 0 Å². The lowest BCUT2D eigenvalue weighted by Gasteiger charge is -2.25. The molecule has 1 fully saturated rings. The number of aliphatic imine (C=N–C) groups is 1. The smallest absolute Gasteiger partial charge is 0.193 e. The third-order valence-electron chi connectivity index (χ3n) is 5.18. The first kappa shape index (κ1) is 24.0. The van der Waals surface area contributed by atoms with Crippen molar-refractivity contribution in [1.29, 1.82) is 0 Å². The van der Waals surface area contributed by atoms with E-state index in [9.17, 15) is 0 Å². The van der Waals surface area contributed by atoms with Gasteiger partial charge in [-0.25, -0.2) is 0 Å². The third kappa shape index (κ3) is 7.49. The van der Waals surface area contributed by atoms with Crippen LogP contribution in [0, 0.1) is 12.8 Å². The van der Waals surface area contributed by atoms with Gasteiger partial charge in [-0.05, 0) is 50.9 Å². The maximum Gasteiger partial charge on any atom is 0.193 e. The standard InChI is InChI=1S/C21H36N4O.HI/c1-6-24(7-2)15-19-12-13-25(16-19)21(22-5)23-14-18(4)26-20-11-9-8-10-17(20)3;/h8-11,18-19H,6-7,12-16H2,1-5H3,(H,22,23);1H. The van der Waals surface area contributed by atoms with Crippen molar-refractivity contribution in [2.75, 3.05) is 46.3 Å². The second-order valence-electron chi connectivity index (χ2n) is 7.21. The number of nitrogens with one attached hydrogen (secondary N) is 1. The molecule has 0 aliphatic carbocycles. The molecular weight excluding hydrogens is 451 g/mol. The normalized spacial score (nSPS) is 18.4. The Morgan fingerprint density at radius 3 is 2.67 bits per heavy atom. The summed E-state index contributed by atoms with van der Waals surface area (Å²) in [5.74, 6) is 2.68. The van der Waals surface area contributed by atoms with Crippen molar-refractivity contribution < 1.29 is 4.74 Å². The van der Waals surface area contributed by atoms with E-state index in [0.717, 1.165) is 50.4 Å². The average molecular weight is 488 g/mol. The summed E-state index contributed by atoms with van der Waals surface area (Å²) in [4.78, 5) is 9.38. The van der Waals surface area contributed by atoms with Crippen molar-refractivity contribution in [2.45, 2.75) is 40.2 Å². The lowest BCUT2D eigenvalue weighted by Crippen LogP contribution is -2.44. The summed E-state index contributed by atoms with van der Waals surface area (Å²) in [6.45, 7) is 15.0. The first-order chi connectivity index (χ1) is 12.6. The van der Waals surface area contributed by atoms with Gasteiger partial charge in [-0.15, -0.1) is 24.0 Å². The van der Waals surface area contributed by atoms with Crippen molar-refractivity contribution in [3.63, 3.8) is 0 Å². The van der Waals surface area contributed by atoms with Crippen LogP contribution in [0.1, 0.15) is 32.8 Å². The van der Waals surface area contributed by atoms with Crippen molar-refractivity contribution >= 4 is 29.9 Å². The van der Waals surface area contributed by atoms with Gasteiger partial charge in [-0.2, -0.15) is 0 Å². The SMILES string of the molecule is CCN(CC)CC1CCN(C(=NC)NCC(C)Oc2ccccc2C)C1.I. The molecule has 1 aromatic rings. The molecule has 0 amide bonds. The van der Waals surface area contributed by atoms with Gasteiger partial charge in [0, 0.05) is 26.7 Å². The molecule has 1 aliphatic heterocycles. The minimum Gasteiger partial charge on any atom is -0.489 e. The molecule has 0 aromatic heterocycles. The molecule has 1 heterocycles.